The van der Waals surface area contributed by atoms with E-state index < -0.39 is 0 Å². The van der Waals surface area contributed by atoms with Crippen LogP contribution in [-0.2, 0) is 12.8 Å². The summed E-state index contributed by atoms with van der Waals surface area (Å²) >= 11 is 0. The summed E-state index contributed by atoms with van der Waals surface area (Å²) in [5, 5.41) is 0.814. The second-order valence-electron chi connectivity index (χ2n) is 4.10. The first-order valence-corrected chi connectivity index (χ1v) is 5.82. The normalized spacial score (nSPS) is 10.9. The van der Waals surface area contributed by atoms with E-state index in [9.17, 15) is 4.79 Å². The molecular formula is C14H17NO. The zero-order valence-corrected chi connectivity index (χ0v) is 10.1. The summed E-state index contributed by atoms with van der Waals surface area (Å²) in [5.74, 6) is 0. The average molecular weight is 215 g/mol. The van der Waals surface area contributed by atoms with Gasteiger partial charge in [0.2, 0.25) is 0 Å². The maximum Gasteiger partial charge on any atom is 0.192 e. The van der Waals surface area contributed by atoms with Gasteiger partial charge in [-0.25, -0.2) is 0 Å². The molecule has 1 aromatic carbocycles. The maximum absolute atomic E-state index is 12.2. The first kappa shape index (κ1) is 10.9. The van der Waals surface area contributed by atoms with E-state index in [0.29, 0.717) is 0 Å². The summed E-state index contributed by atoms with van der Waals surface area (Å²) in [6.07, 6.45) is 1.81. The molecule has 0 spiro atoms. The molecule has 16 heavy (non-hydrogen) atoms. The van der Waals surface area contributed by atoms with Gasteiger partial charge in [-0.1, -0.05) is 26.0 Å². The molecule has 0 saturated heterocycles. The van der Waals surface area contributed by atoms with Crippen molar-refractivity contribution in [1.29, 1.82) is 0 Å². The summed E-state index contributed by atoms with van der Waals surface area (Å²) in [7, 11) is 0. The molecule has 0 radical (unpaired) electrons. The molecule has 0 aliphatic carbocycles. The molecule has 1 aromatic heterocycles. The monoisotopic (exact) mass is 215 g/mol. The van der Waals surface area contributed by atoms with Crippen molar-refractivity contribution in [2.24, 2.45) is 0 Å². The second kappa shape index (κ2) is 4.12. The van der Waals surface area contributed by atoms with E-state index in [1.54, 1.807) is 0 Å². The van der Waals surface area contributed by atoms with Crippen molar-refractivity contribution in [3.05, 3.63) is 45.2 Å². The van der Waals surface area contributed by atoms with Crippen molar-refractivity contribution >= 4 is 10.9 Å². The highest BCUT2D eigenvalue weighted by atomic mass is 16.1. The summed E-state index contributed by atoms with van der Waals surface area (Å²) in [4.78, 5) is 15.6. The van der Waals surface area contributed by atoms with Crippen molar-refractivity contribution < 1.29 is 0 Å². The van der Waals surface area contributed by atoms with Gasteiger partial charge in [-0.3, -0.25) is 4.79 Å². The molecule has 1 heterocycles. The Kier molecular flexibility index (Phi) is 2.82. The Morgan fingerprint density at radius 1 is 1.19 bits per heavy atom. The van der Waals surface area contributed by atoms with Crippen molar-refractivity contribution in [2.75, 3.05) is 0 Å². The summed E-state index contributed by atoms with van der Waals surface area (Å²) in [6.45, 7) is 6.08. The first-order valence-electron chi connectivity index (χ1n) is 5.82. The SMILES string of the molecule is CCc1[nH]c2c(CC)cccc2c(=O)c1C. The molecule has 0 aliphatic heterocycles. The Bertz CT molecular complexity index is 581. The van der Waals surface area contributed by atoms with Crippen LogP contribution in [0.4, 0.5) is 0 Å². The Morgan fingerprint density at radius 3 is 2.56 bits per heavy atom. The van der Waals surface area contributed by atoms with E-state index in [0.717, 1.165) is 35.0 Å². The van der Waals surface area contributed by atoms with E-state index >= 15 is 0 Å². The van der Waals surface area contributed by atoms with E-state index in [1.165, 1.54) is 5.56 Å². The molecule has 2 nitrogen and oxygen atoms in total. The van der Waals surface area contributed by atoms with Gasteiger partial charge in [-0.05, 0) is 31.4 Å². The fourth-order valence-electron chi connectivity index (χ4n) is 2.17. The predicted molar refractivity (Wildman–Crippen MR) is 68.1 cm³/mol. The number of nitrogens with one attached hydrogen (secondary N) is 1. The standard InChI is InChI=1S/C14H17NO/c1-4-10-7-6-8-11-13(10)15-12(5-2)9(3)14(11)16/h6-8H,4-5H2,1-3H3,(H,15,16). The Hall–Kier alpha value is -1.57. The van der Waals surface area contributed by atoms with E-state index in [1.807, 2.05) is 19.1 Å². The fraction of sp³-hybridized carbons (Fsp3) is 0.357. The van der Waals surface area contributed by atoms with Gasteiger partial charge in [0.15, 0.2) is 5.43 Å². The van der Waals surface area contributed by atoms with Crippen LogP contribution in [0.25, 0.3) is 10.9 Å². The Labute approximate surface area is 95.3 Å². The first-order chi connectivity index (χ1) is 7.69. The van der Waals surface area contributed by atoms with Crippen LogP contribution in [0.3, 0.4) is 0 Å². The van der Waals surface area contributed by atoms with Crippen LogP contribution in [0.2, 0.25) is 0 Å². The lowest BCUT2D eigenvalue weighted by Crippen LogP contribution is -2.12. The lowest BCUT2D eigenvalue weighted by molar-refractivity contribution is 1.01. The number of hydrogen-bond donors (Lipinski definition) is 1. The van der Waals surface area contributed by atoms with Crippen molar-refractivity contribution in [2.45, 2.75) is 33.6 Å². The molecule has 0 fully saturated rings. The third-order valence-electron chi connectivity index (χ3n) is 3.20. The highest BCUT2D eigenvalue weighted by Gasteiger charge is 2.08. The van der Waals surface area contributed by atoms with Crippen LogP contribution in [0.5, 0.6) is 0 Å². The number of fused-ring (bicyclic) bond motifs is 1. The molecule has 0 atom stereocenters. The zero-order chi connectivity index (χ0) is 11.7. The molecule has 1 N–H and O–H groups in total. The third-order valence-corrected chi connectivity index (χ3v) is 3.20. The van der Waals surface area contributed by atoms with Gasteiger partial charge in [-0.2, -0.15) is 0 Å². The minimum Gasteiger partial charge on any atom is -0.358 e. The number of pyridine rings is 1. The number of para-hydroxylation sites is 1. The quantitative estimate of drug-likeness (QED) is 0.820. The zero-order valence-electron chi connectivity index (χ0n) is 10.1. The molecule has 2 aromatic rings. The van der Waals surface area contributed by atoms with Gasteiger partial charge in [0.25, 0.3) is 0 Å². The lowest BCUT2D eigenvalue weighted by Gasteiger charge is -2.09. The van der Waals surface area contributed by atoms with Gasteiger partial charge in [0.05, 0.1) is 5.52 Å². The number of H-pyrrole nitrogens is 1. The molecule has 2 rings (SSSR count). The molecule has 0 unspecified atom stereocenters. The highest BCUT2D eigenvalue weighted by molar-refractivity contribution is 5.82. The van der Waals surface area contributed by atoms with Crippen LogP contribution in [0.1, 0.15) is 30.7 Å². The van der Waals surface area contributed by atoms with Crippen LogP contribution in [0.15, 0.2) is 23.0 Å². The number of aromatic nitrogens is 1. The molecule has 0 aliphatic rings. The topological polar surface area (TPSA) is 32.9 Å². The predicted octanol–water partition coefficient (Wildman–Crippen LogP) is 2.96. The van der Waals surface area contributed by atoms with E-state index in [2.05, 4.69) is 24.9 Å². The number of rotatable bonds is 2. The summed E-state index contributed by atoms with van der Waals surface area (Å²) in [5.41, 5.74) is 4.30. The second-order valence-corrected chi connectivity index (χ2v) is 4.10. The third kappa shape index (κ3) is 1.54. The van der Waals surface area contributed by atoms with E-state index in [-0.39, 0.29) is 5.43 Å². The maximum atomic E-state index is 12.2. The van der Waals surface area contributed by atoms with Crippen LogP contribution >= 0.6 is 0 Å². The number of benzene rings is 1. The molecule has 0 bridgehead atoms. The van der Waals surface area contributed by atoms with Crippen LogP contribution in [-0.4, -0.2) is 4.98 Å². The fourth-order valence-corrected chi connectivity index (χ4v) is 2.17. The summed E-state index contributed by atoms with van der Waals surface area (Å²) < 4.78 is 0. The van der Waals surface area contributed by atoms with Gasteiger partial charge in [0.1, 0.15) is 0 Å². The number of aryl methyl sites for hydroxylation is 2. The van der Waals surface area contributed by atoms with Crippen molar-refractivity contribution in [3.8, 4) is 0 Å². The molecule has 2 heteroatoms. The highest BCUT2D eigenvalue weighted by Crippen LogP contribution is 2.16. The minimum atomic E-state index is 0.168. The van der Waals surface area contributed by atoms with E-state index in [4.69, 9.17) is 0 Å². The Balaban J connectivity index is 2.92. The van der Waals surface area contributed by atoms with Gasteiger partial charge in [0, 0.05) is 16.6 Å². The largest absolute Gasteiger partial charge is 0.358 e. The minimum absolute atomic E-state index is 0.168. The average Bonchev–Trinajstić information content (AvgIpc) is 2.33. The number of aromatic amines is 1. The van der Waals surface area contributed by atoms with Crippen LogP contribution < -0.4 is 5.43 Å². The van der Waals surface area contributed by atoms with Gasteiger partial charge < -0.3 is 4.98 Å². The molecule has 0 amide bonds. The van der Waals surface area contributed by atoms with Gasteiger partial charge >= 0.3 is 0 Å². The number of hydrogen-bond acceptors (Lipinski definition) is 1. The summed E-state index contributed by atoms with van der Waals surface area (Å²) in [6, 6.07) is 5.94. The Morgan fingerprint density at radius 2 is 1.94 bits per heavy atom. The van der Waals surface area contributed by atoms with Gasteiger partial charge in [-0.15, -0.1) is 0 Å². The van der Waals surface area contributed by atoms with Crippen molar-refractivity contribution in [1.82, 2.24) is 4.98 Å². The molecule has 84 valence electrons. The van der Waals surface area contributed by atoms with Crippen LogP contribution in [0, 0.1) is 6.92 Å². The molecular weight excluding hydrogens is 198 g/mol. The van der Waals surface area contributed by atoms with Crippen molar-refractivity contribution in [3.63, 3.8) is 0 Å². The smallest absolute Gasteiger partial charge is 0.192 e. The molecule has 0 saturated carbocycles. The lowest BCUT2D eigenvalue weighted by atomic mass is 10.0.